The molecule has 0 spiro atoms. The van der Waals surface area contributed by atoms with E-state index in [0.29, 0.717) is 5.56 Å². The summed E-state index contributed by atoms with van der Waals surface area (Å²) in [5.74, 6) is 0.794. The Morgan fingerprint density at radius 2 is 1.63 bits per heavy atom. The molecule has 1 heterocycles. The van der Waals surface area contributed by atoms with E-state index in [-0.39, 0.29) is 0 Å². The summed E-state index contributed by atoms with van der Waals surface area (Å²) in [6, 6.07) is 26.3. The van der Waals surface area contributed by atoms with Gasteiger partial charge in [0.2, 0.25) is 0 Å². The number of allylic oxidation sites excluding steroid dienone is 3. The zero-order valence-corrected chi connectivity index (χ0v) is 16.5. The second kappa shape index (κ2) is 7.88. The van der Waals surface area contributed by atoms with Crippen molar-refractivity contribution in [3.8, 4) is 11.3 Å². The highest BCUT2D eigenvalue weighted by Crippen LogP contribution is 2.34. The van der Waals surface area contributed by atoms with Crippen molar-refractivity contribution < 1.29 is 9.21 Å². The zero-order valence-electron chi connectivity index (χ0n) is 16.5. The fourth-order valence-electron chi connectivity index (χ4n) is 3.84. The molecule has 146 valence electrons. The number of fused-ring (bicyclic) bond motifs is 1. The lowest BCUT2D eigenvalue weighted by Gasteiger charge is -2.27. The van der Waals surface area contributed by atoms with E-state index >= 15 is 0 Å². The average Bonchev–Trinajstić information content (AvgIpc) is 3.24. The maximum atomic E-state index is 11.0. The summed E-state index contributed by atoms with van der Waals surface area (Å²) in [6.45, 7) is 0. The second-order valence-electron chi connectivity index (χ2n) is 7.35. The predicted octanol–water partition coefficient (Wildman–Crippen LogP) is 7.28. The van der Waals surface area contributed by atoms with Crippen LogP contribution in [0.25, 0.3) is 22.3 Å². The van der Waals surface area contributed by atoms with Crippen LogP contribution in [0.15, 0.2) is 107 Å². The third-order valence-electron chi connectivity index (χ3n) is 5.33. The van der Waals surface area contributed by atoms with Crippen LogP contribution in [0.1, 0.15) is 23.2 Å². The minimum absolute atomic E-state index is 0.650. The first-order valence-electron chi connectivity index (χ1n) is 10.1. The van der Waals surface area contributed by atoms with Crippen molar-refractivity contribution in [2.75, 3.05) is 4.90 Å². The Bertz CT molecular complexity index is 1250. The SMILES string of the molecule is O=Cc1ccc2oc(-c3ccc(N(C4=CCCC=C4)c4ccccc4)cc3)cc2c1. The molecule has 0 aliphatic heterocycles. The van der Waals surface area contributed by atoms with Crippen molar-refractivity contribution in [2.24, 2.45) is 0 Å². The molecule has 0 unspecified atom stereocenters. The number of furan rings is 1. The second-order valence-corrected chi connectivity index (χ2v) is 7.35. The van der Waals surface area contributed by atoms with E-state index in [2.05, 4.69) is 71.7 Å². The molecule has 0 saturated carbocycles. The first-order valence-corrected chi connectivity index (χ1v) is 10.1. The molecule has 0 atom stereocenters. The normalized spacial score (nSPS) is 13.3. The number of hydrogen-bond acceptors (Lipinski definition) is 3. The summed E-state index contributed by atoms with van der Waals surface area (Å²) in [6.07, 6.45) is 9.69. The zero-order chi connectivity index (χ0) is 20.3. The van der Waals surface area contributed by atoms with Crippen molar-refractivity contribution in [1.82, 2.24) is 0 Å². The minimum atomic E-state index is 0.650. The van der Waals surface area contributed by atoms with Crippen LogP contribution in [-0.2, 0) is 0 Å². The van der Waals surface area contributed by atoms with Crippen molar-refractivity contribution in [3.05, 3.63) is 108 Å². The molecule has 0 saturated heterocycles. The molecule has 0 fully saturated rings. The van der Waals surface area contributed by atoms with Crippen LogP contribution in [0, 0.1) is 0 Å². The van der Waals surface area contributed by atoms with E-state index in [9.17, 15) is 4.79 Å². The summed E-state index contributed by atoms with van der Waals surface area (Å²) in [4.78, 5) is 13.3. The highest BCUT2D eigenvalue weighted by molar-refractivity contribution is 5.89. The lowest BCUT2D eigenvalue weighted by Crippen LogP contribution is -2.15. The first-order chi connectivity index (χ1) is 14.8. The molecule has 1 aliphatic rings. The third-order valence-corrected chi connectivity index (χ3v) is 5.33. The third kappa shape index (κ3) is 3.46. The van der Waals surface area contributed by atoms with Crippen LogP contribution >= 0.6 is 0 Å². The molecule has 0 N–H and O–H groups in total. The number of aldehydes is 1. The van der Waals surface area contributed by atoms with Crippen LogP contribution in [0.4, 0.5) is 11.4 Å². The van der Waals surface area contributed by atoms with E-state index in [1.807, 2.05) is 24.3 Å². The lowest BCUT2D eigenvalue weighted by atomic mass is 10.1. The van der Waals surface area contributed by atoms with E-state index < -0.39 is 0 Å². The van der Waals surface area contributed by atoms with E-state index in [4.69, 9.17) is 4.42 Å². The van der Waals surface area contributed by atoms with Crippen molar-refractivity contribution in [3.63, 3.8) is 0 Å². The van der Waals surface area contributed by atoms with Gasteiger partial charge < -0.3 is 9.32 Å². The fourth-order valence-corrected chi connectivity index (χ4v) is 3.84. The Labute approximate surface area is 175 Å². The van der Waals surface area contributed by atoms with Gasteiger partial charge in [-0.15, -0.1) is 0 Å². The number of rotatable bonds is 5. The molecule has 3 nitrogen and oxygen atoms in total. The van der Waals surface area contributed by atoms with Gasteiger partial charge in [-0.25, -0.2) is 0 Å². The van der Waals surface area contributed by atoms with E-state index in [1.165, 1.54) is 5.70 Å². The highest BCUT2D eigenvalue weighted by Gasteiger charge is 2.15. The van der Waals surface area contributed by atoms with Gasteiger partial charge in [-0.2, -0.15) is 0 Å². The highest BCUT2D eigenvalue weighted by atomic mass is 16.3. The maximum absolute atomic E-state index is 11.0. The summed E-state index contributed by atoms with van der Waals surface area (Å²) < 4.78 is 6.00. The number of hydrogen-bond donors (Lipinski definition) is 0. The van der Waals surface area contributed by atoms with Gasteiger partial charge in [0.15, 0.2) is 0 Å². The Kier molecular flexibility index (Phi) is 4.78. The van der Waals surface area contributed by atoms with Crippen LogP contribution in [-0.4, -0.2) is 6.29 Å². The van der Waals surface area contributed by atoms with Gasteiger partial charge >= 0.3 is 0 Å². The van der Waals surface area contributed by atoms with Crippen LogP contribution in [0.3, 0.4) is 0 Å². The number of carbonyl (C=O) groups excluding carboxylic acids is 1. The standard InChI is InChI=1S/C27H21NO2/c29-19-20-11-16-26-22(17-20)18-27(30-26)21-12-14-25(15-13-21)28(23-7-3-1-4-8-23)24-9-5-2-6-10-24/h1,3-5,7-19H,2,6H2. The molecule has 5 rings (SSSR count). The molecule has 0 radical (unpaired) electrons. The average molecular weight is 391 g/mol. The Hall–Kier alpha value is -3.85. The van der Waals surface area contributed by atoms with Crippen LogP contribution < -0.4 is 4.90 Å². The molecule has 3 aromatic carbocycles. The van der Waals surface area contributed by atoms with Gasteiger partial charge in [0.25, 0.3) is 0 Å². The summed E-state index contributed by atoms with van der Waals surface area (Å²) in [5, 5.41) is 0.932. The van der Waals surface area contributed by atoms with Crippen LogP contribution in [0.5, 0.6) is 0 Å². The van der Waals surface area contributed by atoms with Crippen molar-refractivity contribution in [1.29, 1.82) is 0 Å². The van der Waals surface area contributed by atoms with Crippen molar-refractivity contribution >= 4 is 28.6 Å². The summed E-state index contributed by atoms with van der Waals surface area (Å²) in [5.41, 5.74) is 5.85. The number of carbonyl (C=O) groups is 1. The molecule has 30 heavy (non-hydrogen) atoms. The number of anilines is 2. The lowest BCUT2D eigenvalue weighted by molar-refractivity contribution is 0.112. The van der Waals surface area contributed by atoms with E-state index in [1.54, 1.807) is 6.07 Å². The predicted molar refractivity (Wildman–Crippen MR) is 122 cm³/mol. The van der Waals surface area contributed by atoms with Gasteiger partial charge in [0.05, 0.1) is 0 Å². The van der Waals surface area contributed by atoms with E-state index in [0.717, 1.165) is 52.8 Å². The monoisotopic (exact) mass is 391 g/mol. The number of nitrogens with zero attached hydrogens (tertiary/aromatic N) is 1. The van der Waals surface area contributed by atoms with Crippen LogP contribution in [0.2, 0.25) is 0 Å². The van der Waals surface area contributed by atoms with Gasteiger partial charge in [0, 0.05) is 33.6 Å². The first kappa shape index (κ1) is 18.2. The molecular formula is C27H21NO2. The number of para-hydroxylation sites is 1. The molecule has 4 aromatic rings. The molecule has 3 heteroatoms. The molecule has 1 aromatic heterocycles. The molecular weight excluding hydrogens is 370 g/mol. The molecule has 1 aliphatic carbocycles. The fraction of sp³-hybridized carbons (Fsp3) is 0.0741. The topological polar surface area (TPSA) is 33.5 Å². The molecule has 0 amide bonds. The minimum Gasteiger partial charge on any atom is -0.456 e. The Morgan fingerprint density at radius 3 is 2.37 bits per heavy atom. The quantitative estimate of drug-likeness (QED) is 0.335. The maximum Gasteiger partial charge on any atom is 0.150 e. The Morgan fingerprint density at radius 1 is 0.833 bits per heavy atom. The van der Waals surface area contributed by atoms with Gasteiger partial charge in [-0.3, -0.25) is 4.79 Å². The number of benzene rings is 3. The molecule has 0 bridgehead atoms. The largest absolute Gasteiger partial charge is 0.456 e. The van der Waals surface area contributed by atoms with Gasteiger partial charge in [-0.1, -0.05) is 30.4 Å². The van der Waals surface area contributed by atoms with Crippen molar-refractivity contribution in [2.45, 2.75) is 12.8 Å². The van der Waals surface area contributed by atoms with Gasteiger partial charge in [-0.05, 0) is 79.6 Å². The summed E-state index contributed by atoms with van der Waals surface area (Å²) in [7, 11) is 0. The summed E-state index contributed by atoms with van der Waals surface area (Å²) >= 11 is 0. The van der Waals surface area contributed by atoms with Gasteiger partial charge in [0.1, 0.15) is 17.6 Å². The Balaban J connectivity index is 1.51. The smallest absolute Gasteiger partial charge is 0.150 e.